The van der Waals surface area contributed by atoms with Crippen LogP contribution in [0.1, 0.15) is 6.42 Å². The van der Waals surface area contributed by atoms with Gasteiger partial charge in [-0.2, -0.15) is 0 Å². The lowest BCUT2D eigenvalue weighted by molar-refractivity contribution is -0.139. The largest absolute Gasteiger partial charge is 0.481 e. The quantitative estimate of drug-likeness (QED) is 0.692. The van der Waals surface area contributed by atoms with Crippen LogP contribution in [0.4, 0.5) is 0 Å². The maximum Gasteiger partial charge on any atom is 0.307 e. The lowest BCUT2D eigenvalue weighted by atomic mass is 10.2. The summed E-state index contributed by atoms with van der Waals surface area (Å²) in [5, 5.41) is 8.68. The summed E-state index contributed by atoms with van der Waals surface area (Å²) >= 11 is 2.99. The van der Waals surface area contributed by atoms with Crippen LogP contribution in [0.3, 0.4) is 0 Å². The van der Waals surface area contributed by atoms with Crippen molar-refractivity contribution in [2.45, 2.75) is 6.42 Å². The molecule has 0 aliphatic heterocycles. The number of aliphatic carboxylic acids is 1. The normalized spacial score (nSPS) is 29.7. The third kappa shape index (κ3) is 1.37. The van der Waals surface area contributed by atoms with Gasteiger partial charge in [0.05, 0.1) is 11.2 Å². The molecule has 2 unspecified atom stereocenters. The molecule has 1 fully saturated rings. The second-order valence-corrected chi connectivity index (χ2v) is 2.95. The number of alkyl halides is 1. The van der Waals surface area contributed by atoms with E-state index in [1.54, 1.807) is 0 Å². The molecule has 4 heteroatoms. The van der Waals surface area contributed by atoms with Crippen LogP contribution in [0.2, 0.25) is 0 Å². The van der Waals surface area contributed by atoms with Crippen LogP contribution in [0.5, 0.6) is 0 Å². The van der Waals surface area contributed by atoms with Crippen molar-refractivity contribution in [3.8, 4) is 0 Å². The minimum atomic E-state index is -0.848. The predicted molar refractivity (Wildman–Crippen MR) is 38.0 cm³/mol. The molecule has 0 aromatic rings. The highest BCUT2D eigenvalue weighted by atomic mass is 79.9. The standard InChI is InChI=1S/C6H7BrO3/c7-2-5(8)3-1-4(3)6(9)10/h3-4H,1-2H2,(H,9,10). The number of carboxylic acid groups (broad SMARTS) is 1. The Kier molecular flexibility index (Phi) is 2.08. The Labute approximate surface area is 66.5 Å². The van der Waals surface area contributed by atoms with Gasteiger partial charge in [-0.25, -0.2) is 0 Å². The molecule has 0 aromatic carbocycles. The highest BCUT2D eigenvalue weighted by molar-refractivity contribution is 9.09. The van der Waals surface area contributed by atoms with Gasteiger partial charge in [0.25, 0.3) is 0 Å². The van der Waals surface area contributed by atoms with Crippen LogP contribution in [0.25, 0.3) is 0 Å². The zero-order valence-corrected chi connectivity index (χ0v) is 6.80. The topological polar surface area (TPSA) is 54.4 Å². The van der Waals surface area contributed by atoms with Crippen molar-refractivity contribution in [1.29, 1.82) is 0 Å². The molecule has 56 valence electrons. The van der Waals surface area contributed by atoms with Gasteiger partial charge >= 0.3 is 5.97 Å². The van der Waals surface area contributed by atoms with E-state index in [0.717, 1.165) is 0 Å². The van der Waals surface area contributed by atoms with Crippen LogP contribution in [0, 0.1) is 11.8 Å². The second-order valence-electron chi connectivity index (χ2n) is 2.39. The molecule has 10 heavy (non-hydrogen) atoms. The highest BCUT2D eigenvalue weighted by Crippen LogP contribution is 2.39. The van der Waals surface area contributed by atoms with E-state index in [-0.39, 0.29) is 17.0 Å². The first kappa shape index (κ1) is 7.72. The number of ketones is 1. The molecule has 2 atom stereocenters. The van der Waals surface area contributed by atoms with Gasteiger partial charge < -0.3 is 5.11 Å². The van der Waals surface area contributed by atoms with E-state index in [1.165, 1.54) is 0 Å². The van der Waals surface area contributed by atoms with Crippen molar-refractivity contribution < 1.29 is 14.7 Å². The first-order valence-electron chi connectivity index (χ1n) is 2.98. The van der Waals surface area contributed by atoms with Gasteiger partial charge in [0, 0.05) is 5.92 Å². The summed E-state index contributed by atoms with van der Waals surface area (Å²) in [5.74, 6) is -1.45. The third-order valence-electron chi connectivity index (χ3n) is 1.65. The maximum atomic E-state index is 10.8. The van der Waals surface area contributed by atoms with Crippen molar-refractivity contribution in [2.75, 3.05) is 5.33 Å². The fourth-order valence-electron chi connectivity index (χ4n) is 0.923. The molecule has 1 N–H and O–H groups in total. The summed E-state index contributed by atoms with van der Waals surface area (Å²) in [5.41, 5.74) is 0. The SMILES string of the molecule is O=C(O)C1CC1C(=O)CBr. The van der Waals surface area contributed by atoms with Crippen molar-refractivity contribution in [2.24, 2.45) is 11.8 Å². The summed E-state index contributed by atoms with van der Waals surface area (Å²) < 4.78 is 0. The van der Waals surface area contributed by atoms with E-state index >= 15 is 0 Å². The molecule has 1 saturated carbocycles. The predicted octanol–water partition coefficient (Wildman–Crippen LogP) is 0.671. The molecule has 0 radical (unpaired) electrons. The number of rotatable bonds is 3. The van der Waals surface area contributed by atoms with E-state index in [0.29, 0.717) is 6.42 Å². The molecule has 0 spiro atoms. The molecule has 0 amide bonds. The Morgan fingerprint density at radius 1 is 1.50 bits per heavy atom. The van der Waals surface area contributed by atoms with Crippen LogP contribution < -0.4 is 0 Å². The van der Waals surface area contributed by atoms with E-state index in [4.69, 9.17) is 5.11 Å². The van der Waals surface area contributed by atoms with E-state index in [1.807, 2.05) is 0 Å². The molecular formula is C6H7BrO3. The first-order chi connectivity index (χ1) is 4.66. The maximum absolute atomic E-state index is 10.8. The molecule has 0 bridgehead atoms. The lowest BCUT2D eigenvalue weighted by Gasteiger charge is -1.88. The minimum absolute atomic E-state index is 0.00685. The van der Waals surface area contributed by atoms with Gasteiger partial charge in [-0.05, 0) is 6.42 Å². The number of carbonyl (C=O) groups excluding carboxylic acids is 1. The van der Waals surface area contributed by atoms with E-state index < -0.39 is 11.9 Å². The zero-order chi connectivity index (χ0) is 7.72. The number of carbonyl (C=O) groups is 2. The molecular weight excluding hydrogens is 200 g/mol. The molecule has 0 aromatic heterocycles. The molecule has 1 rings (SSSR count). The van der Waals surface area contributed by atoms with Crippen LogP contribution in [-0.2, 0) is 9.59 Å². The summed E-state index contributed by atoms with van der Waals surface area (Å²) in [6, 6.07) is 0. The molecule has 3 nitrogen and oxygen atoms in total. The van der Waals surface area contributed by atoms with Gasteiger partial charge in [0.15, 0.2) is 0 Å². The molecule has 1 aliphatic carbocycles. The zero-order valence-electron chi connectivity index (χ0n) is 5.21. The molecule has 0 saturated heterocycles. The van der Waals surface area contributed by atoms with Crippen molar-refractivity contribution in [1.82, 2.24) is 0 Å². The van der Waals surface area contributed by atoms with E-state index in [2.05, 4.69) is 15.9 Å². The Balaban J connectivity index is 2.38. The summed E-state index contributed by atoms with van der Waals surface area (Å²) in [7, 11) is 0. The number of halogens is 1. The Morgan fingerprint density at radius 2 is 2.10 bits per heavy atom. The number of carboxylic acids is 1. The summed E-state index contributed by atoms with van der Waals surface area (Å²) in [6.45, 7) is 0. The van der Waals surface area contributed by atoms with Gasteiger partial charge in [0.1, 0.15) is 5.78 Å². The van der Waals surface area contributed by atoms with Crippen LogP contribution in [0.15, 0.2) is 0 Å². The first-order valence-corrected chi connectivity index (χ1v) is 4.10. The molecule has 0 heterocycles. The Morgan fingerprint density at radius 3 is 2.40 bits per heavy atom. The average molecular weight is 207 g/mol. The van der Waals surface area contributed by atoms with E-state index in [9.17, 15) is 9.59 Å². The van der Waals surface area contributed by atoms with Crippen molar-refractivity contribution >= 4 is 27.7 Å². The Hall–Kier alpha value is -0.380. The highest BCUT2D eigenvalue weighted by Gasteiger charge is 2.47. The summed E-state index contributed by atoms with van der Waals surface area (Å²) in [4.78, 5) is 21.0. The molecule has 1 aliphatic rings. The van der Waals surface area contributed by atoms with Gasteiger partial charge in [-0.3, -0.25) is 9.59 Å². The average Bonchev–Trinajstić information content (AvgIpc) is 2.64. The monoisotopic (exact) mass is 206 g/mol. The Bertz CT molecular complexity index is 178. The fourth-order valence-corrected chi connectivity index (χ4v) is 1.34. The smallest absolute Gasteiger partial charge is 0.307 e. The second kappa shape index (κ2) is 2.70. The van der Waals surface area contributed by atoms with Crippen molar-refractivity contribution in [3.05, 3.63) is 0 Å². The summed E-state index contributed by atoms with van der Waals surface area (Å²) in [6.07, 6.45) is 0.528. The third-order valence-corrected chi connectivity index (χ3v) is 2.21. The van der Waals surface area contributed by atoms with Gasteiger partial charge in [0.2, 0.25) is 0 Å². The van der Waals surface area contributed by atoms with Crippen LogP contribution >= 0.6 is 15.9 Å². The lowest BCUT2D eigenvalue weighted by Crippen LogP contribution is -2.08. The van der Waals surface area contributed by atoms with Gasteiger partial charge in [-0.1, -0.05) is 15.9 Å². The number of hydrogen-bond acceptors (Lipinski definition) is 2. The van der Waals surface area contributed by atoms with Crippen molar-refractivity contribution in [3.63, 3.8) is 0 Å². The number of hydrogen-bond donors (Lipinski definition) is 1. The van der Waals surface area contributed by atoms with Gasteiger partial charge in [-0.15, -0.1) is 0 Å². The van der Waals surface area contributed by atoms with Crippen LogP contribution in [-0.4, -0.2) is 22.2 Å². The minimum Gasteiger partial charge on any atom is -0.481 e. The number of Topliss-reactive ketones (excluding diaryl/α,β-unsaturated/α-hetero) is 1. The fraction of sp³-hybridized carbons (Fsp3) is 0.667.